The van der Waals surface area contributed by atoms with Crippen LogP contribution in [0.25, 0.3) is 0 Å². The summed E-state index contributed by atoms with van der Waals surface area (Å²) < 4.78 is 5.47. The molecule has 1 N–H and O–H groups in total. The summed E-state index contributed by atoms with van der Waals surface area (Å²) in [7, 11) is 1.78. The Labute approximate surface area is 119 Å². The summed E-state index contributed by atoms with van der Waals surface area (Å²) in [4.78, 5) is 15.8. The summed E-state index contributed by atoms with van der Waals surface area (Å²) in [6, 6.07) is 3.80. The van der Waals surface area contributed by atoms with Crippen molar-refractivity contribution in [3.8, 4) is 0 Å². The fraction of sp³-hybridized carbons (Fsp3) is 0.667. The van der Waals surface area contributed by atoms with Gasteiger partial charge in [0.15, 0.2) is 0 Å². The molecule has 0 radical (unpaired) electrons. The van der Waals surface area contributed by atoms with Crippen molar-refractivity contribution in [2.45, 2.75) is 31.9 Å². The maximum absolute atomic E-state index is 12.1. The third kappa shape index (κ3) is 2.74. The lowest BCUT2D eigenvalue weighted by atomic mass is 9.89. The highest BCUT2D eigenvalue weighted by Gasteiger charge is 2.52. The standard InChI is InChI=1S/C15H22N2O3/c1-11-3-6-13(20-11)7-16(2)14(18)8-17-9-15(19,10-17)12-4-5-12/h3,6,12,19H,4-5,7-10H2,1-2H3. The molecule has 0 spiro atoms. The molecule has 0 bridgehead atoms. The number of carbonyl (C=O) groups is 1. The number of likely N-dealkylation sites (tertiary alicyclic amines) is 1. The topological polar surface area (TPSA) is 56.9 Å². The molecule has 1 aromatic heterocycles. The molecular formula is C15H22N2O3. The first-order valence-corrected chi connectivity index (χ1v) is 7.20. The lowest BCUT2D eigenvalue weighted by molar-refractivity contribution is -0.144. The maximum Gasteiger partial charge on any atom is 0.236 e. The molecule has 2 aliphatic rings. The van der Waals surface area contributed by atoms with Crippen LogP contribution in [0.3, 0.4) is 0 Å². The van der Waals surface area contributed by atoms with Crippen LogP contribution in [0.1, 0.15) is 24.4 Å². The molecule has 20 heavy (non-hydrogen) atoms. The minimum absolute atomic E-state index is 0.0666. The van der Waals surface area contributed by atoms with Gasteiger partial charge in [-0.05, 0) is 37.8 Å². The number of hydrogen-bond donors (Lipinski definition) is 1. The maximum atomic E-state index is 12.1. The van der Waals surface area contributed by atoms with Crippen LogP contribution >= 0.6 is 0 Å². The Morgan fingerprint density at radius 1 is 1.50 bits per heavy atom. The molecule has 1 aliphatic carbocycles. The zero-order chi connectivity index (χ0) is 14.3. The number of β-amino-alcohol motifs (C(OH)–C–C–N with tert-alkyl or cyclic N) is 1. The fourth-order valence-electron chi connectivity index (χ4n) is 2.92. The molecule has 2 fully saturated rings. The first kappa shape index (κ1) is 13.6. The van der Waals surface area contributed by atoms with Gasteiger partial charge < -0.3 is 14.4 Å². The molecular weight excluding hydrogens is 256 g/mol. The van der Waals surface area contributed by atoms with E-state index in [0.717, 1.165) is 24.4 Å². The van der Waals surface area contributed by atoms with Crippen molar-refractivity contribution in [1.29, 1.82) is 0 Å². The molecule has 2 heterocycles. The summed E-state index contributed by atoms with van der Waals surface area (Å²) in [5.41, 5.74) is -0.517. The van der Waals surface area contributed by atoms with Crippen LogP contribution in [-0.4, -0.2) is 53.1 Å². The normalized spacial score (nSPS) is 21.6. The highest BCUT2D eigenvalue weighted by atomic mass is 16.3. The smallest absolute Gasteiger partial charge is 0.236 e. The summed E-state index contributed by atoms with van der Waals surface area (Å²) in [6.07, 6.45) is 2.27. The van der Waals surface area contributed by atoms with Gasteiger partial charge in [-0.15, -0.1) is 0 Å². The van der Waals surface area contributed by atoms with Crippen molar-refractivity contribution >= 4 is 5.91 Å². The van der Waals surface area contributed by atoms with Gasteiger partial charge in [-0.25, -0.2) is 0 Å². The SMILES string of the molecule is Cc1ccc(CN(C)C(=O)CN2CC(O)(C3CC3)C2)o1. The molecule has 1 aromatic rings. The van der Waals surface area contributed by atoms with Crippen molar-refractivity contribution in [1.82, 2.24) is 9.80 Å². The number of aliphatic hydroxyl groups is 1. The van der Waals surface area contributed by atoms with Crippen molar-refractivity contribution in [2.75, 3.05) is 26.7 Å². The Morgan fingerprint density at radius 3 is 2.75 bits per heavy atom. The van der Waals surface area contributed by atoms with Gasteiger partial charge in [-0.1, -0.05) is 0 Å². The second kappa shape index (κ2) is 4.90. The largest absolute Gasteiger partial charge is 0.464 e. The van der Waals surface area contributed by atoms with Crippen molar-refractivity contribution in [3.63, 3.8) is 0 Å². The Bertz CT molecular complexity index is 501. The number of likely N-dealkylation sites (N-methyl/N-ethyl adjacent to an activating group) is 1. The van der Waals surface area contributed by atoms with Crippen LogP contribution in [-0.2, 0) is 11.3 Å². The van der Waals surface area contributed by atoms with E-state index in [4.69, 9.17) is 4.42 Å². The molecule has 5 heteroatoms. The predicted molar refractivity (Wildman–Crippen MR) is 74.0 cm³/mol. The summed E-state index contributed by atoms with van der Waals surface area (Å²) in [5.74, 6) is 2.20. The molecule has 110 valence electrons. The second-order valence-electron chi connectivity index (χ2n) is 6.29. The lowest BCUT2D eigenvalue weighted by Gasteiger charge is -2.47. The van der Waals surface area contributed by atoms with E-state index in [0.29, 0.717) is 32.1 Å². The fourth-order valence-corrected chi connectivity index (χ4v) is 2.92. The third-order valence-corrected chi connectivity index (χ3v) is 4.31. The van der Waals surface area contributed by atoms with Gasteiger partial charge in [0.05, 0.1) is 18.7 Å². The molecule has 5 nitrogen and oxygen atoms in total. The number of hydrogen-bond acceptors (Lipinski definition) is 4. The van der Waals surface area contributed by atoms with E-state index in [1.54, 1.807) is 11.9 Å². The van der Waals surface area contributed by atoms with Crippen molar-refractivity contribution in [3.05, 3.63) is 23.7 Å². The molecule has 0 unspecified atom stereocenters. The minimum Gasteiger partial charge on any atom is -0.464 e. The van der Waals surface area contributed by atoms with Crippen molar-refractivity contribution in [2.24, 2.45) is 5.92 Å². The first-order chi connectivity index (χ1) is 9.46. The minimum atomic E-state index is -0.517. The second-order valence-corrected chi connectivity index (χ2v) is 6.29. The molecule has 1 saturated heterocycles. The van der Waals surface area contributed by atoms with E-state index in [-0.39, 0.29) is 5.91 Å². The lowest BCUT2D eigenvalue weighted by Crippen LogP contribution is -2.64. The van der Waals surface area contributed by atoms with E-state index in [1.165, 1.54) is 0 Å². The van der Waals surface area contributed by atoms with E-state index in [2.05, 4.69) is 0 Å². The van der Waals surface area contributed by atoms with Crippen LogP contribution in [0.15, 0.2) is 16.5 Å². The highest BCUT2D eigenvalue weighted by molar-refractivity contribution is 5.78. The van der Waals surface area contributed by atoms with Gasteiger partial charge in [-0.3, -0.25) is 9.69 Å². The quantitative estimate of drug-likeness (QED) is 0.873. The van der Waals surface area contributed by atoms with Gasteiger partial charge >= 0.3 is 0 Å². The van der Waals surface area contributed by atoms with Crippen LogP contribution in [0, 0.1) is 12.8 Å². The number of nitrogens with zero attached hydrogens (tertiary/aromatic N) is 2. The number of furan rings is 1. The van der Waals surface area contributed by atoms with Crippen LogP contribution < -0.4 is 0 Å². The van der Waals surface area contributed by atoms with Gasteiger partial charge in [0, 0.05) is 20.1 Å². The molecule has 1 aliphatic heterocycles. The van der Waals surface area contributed by atoms with E-state index < -0.39 is 5.60 Å². The van der Waals surface area contributed by atoms with E-state index in [1.807, 2.05) is 24.0 Å². The van der Waals surface area contributed by atoms with Gasteiger partial charge in [-0.2, -0.15) is 0 Å². The molecule has 1 saturated carbocycles. The monoisotopic (exact) mass is 278 g/mol. The van der Waals surface area contributed by atoms with Crippen LogP contribution in [0.2, 0.25) is 0 Å². The van der Waals surface area contributed by atoms with Crippen LogP contribution in [0.5, 0.6) is 0 Å². The average molecular weight is 278 g/mol. The van der Waals surface area contributed by atoms with Gasteiger partial charge in [0.25, 0.3) is 0 Å². The number of aryl methyl sites for hydroxylation is 1. The predicted octanol–water partition coefficient (Wildman–Crippen LogP) is 1.00. The summed E-state index contributed by atoms with van der Waals surface area (Å²) in [5, 5.41) is 10.2. The third-order valence-electron chi connectivity index (χ3n) is 4.31. The van der Waals surface area contributed by atoms with E-state index >= 15 is 0 Å². The van der Waals surface area contributed by atoms with Gasteiger partial charge in [0.1, 0.15) is 11.5 Å². The number of amides is 1. The number of carbonyl (C=O) groups excluding carboxylic acids is 1. The molecule has 3 rings (SSSR count). The summed E-state index contributed by atoms with van der Waals surface area (Å²) in [6.45, 7) is 4.04. The Balaban J connectivity index is 1.45. The average Bonchev–Trinajstić information content (AvgIpc) is 3.12. The molecule has 0 atom stereocenters. The van der Waals surface area contributed by atoms with Gasteiger partial charge in [0.2, 0.25) is 5.91 Å². The Hall–Kier alpha value is -1.33. The van der Waals surface area contributed by atoms with Crippen LogP contribution in [0.4, 0.5) is 0 Å². The zero-order valence-corrected chi connectivity index (χ0v) is 12.1. The van der Waals surface area contributed by atoms with Crippen molar-refractivity contribution < 1.29 is 14.3 Å². The Morgan fingerprint density at radius 2 is 2.20 bits per heavy atom. The first-order valence-electron chi connectivity index (χ1n) is 7.20. The molecule has 1 amide bonds. The van der Waals surface area contributed by atoms with E-state index in [9.17, 15) is 9.90 Å². The zero-order valence-electron chi connectivity index (χ0n) is 12.1. The number of rotatable bonds is 5. The molecule has 0 aromatic carbocycles. The highest BCUT2D eigenvalue weighted by Crippen LogP contribution is 2.44. The Kier molecular flexibility index (Phi) is 3.34. The summed E-state index contributed by atoms with van der Waals surface area (Å²) >= 11 is 0.